The zero-order chi connectivity index (χ0) is 13.1. The summed E-state index contributed by atoms with van der Waals surface area (Å²) in [5, 5.41) is 8.87. The minimum absolute atomic E-state index is 0.0660. The third kappa shape index (κ3) is 2.79. The highest BCUT2D eigenvalue weighted by atomic mass is 79.9. The third-order valence-corrected chi connectivity index (χ3v) is 3.09. The van der Waals surface area contributed by atoms with Gasteiger partial charge >= 0.3 is 5.97 Å². The summed E-state index contributed by atoms with van der Waals surface area (Å²) in [6, 6.07) is 7.99. The van der Waals surface area contributed by atoms with E-state index >= 15 is 0 Å². The molecule has 5 heteroatoms. The Kier molecular flexibility index (Phi) is 3.81. The van der Waals surface area contributed by atoms with Gasteiger partial charge in [0, 0.05) is 5.56 Å². The first kappa shape index (κ1) is 12.8. The van der Waals surface area contributed by atoms with Gasteiger partial charge in [-0.05, 0) is 27.9 Å². The lowest BCUT2D eigenvalue weighted by Crippen LogP contribution is -2.01. The third-order valence-electron chi connectivity index (χ3n) is 2.71. The number of carboxylic acid groups (broad SMARTS) is 1. The van der Waals surface area contributed by atoms with Crippen molar-refractivity contribution in [3.8, 4) is 11.3 Å². The Morgan fingerprint density at radius 1 is 1.39 bits per heavy atom. The van der Waals surface area contributed by atoms with Gasteiger partial charge in [-0.3, -0.25) is 4.79 Å². The lowest BCUT2D eigenvalue weighted by Gasteiger charge is -2.02. The molecule has 0 unspecified atom stereocenters. The van der Waals surface area contributed by atoms with E-state index in [4.69, 9.17) is 5.11 Å². The van der Waals surface area contributed by atoms with E-state index in [0.717, 1.165) is 12.0 Å². The number of aliphatic carboxylic acids is 1. The minimum atomic E-state index is -0.877. The lowest BCUT2D eigenvalue weighted by molar-refractivity contribution is -0.136. The maximum absolute atomic E-state index is 10.8. The molecule has 0 fully saturated rings. The summed E-state index contributed by atoms with van der Waals surface area (Å²) >= 11 is 3.24. The Labute approximate surface area is 113 Å². The smallest absolute Gasteiger partial charge is 0.309 e. The van der Waals surface area contributed by atoms with Crippen molar-refractivity contribution in [1.29, 1.82) is 0 Å². The van der Waals surface area contributed by atoms with Crippen LogP contribution in [0.1, 0.15) is 18.2 Å². The van der Waals surface area contributed by atoms with Crippen molar-refractivity contribution in [1.82, 2.24) is 9.97 Å². The van der Waals surface area contributed by atoms with Gasteiger partial charge in [0.2, 0.25) is 0 Å². The highest BCUT2D eigenvalue weighted by Crippen LogP contribution is 2.24. The topological polar surface area (TPSA) is 66.0 Å². The highest BCUT2D eigenvalue weighted by Gasteiger charge is 2.13. The molecule has 0 radical (unpaired) electrons. The molecule has 1 heterocycles. The fourth-order valence-corrected chi connectivity index (χ4v) is 2.21. The molecule has 2 aromatic rings. The van der Waals surface area contributed by atoms with Gasteiger partial charge in [0.25, 0.3) is 0 Å². The second-order valence-corrected chi connectivity index (χ2v) is 4.73. The van der Waals surface area contributed by atoms with Crippen molar-refractivity contribution in [2.24, 2.45) is 0 Å². The summed E-state index contributed by atoms with van der Waals surface area (Å²) in [5.74, 6) is -0.877. The van der Waals surface area contributed by atoms with Crippen molar-refractivity contribution < 1.29 is 9.90 Å². The van der Waals surface area contributed by atoms with E-state index in [1.807, 2.05) is 24.3 Å². The summed E-state index contributed by atoms with van der Waals surface area (Å²) in [6.07, 6.45) is 0.913. The van der Waals surface area contributed by atoms with Gasteiger partial charge in [-0.2, -0.15) is 0 Å². The average molecular weight is 309 g/mol. The molecule has 94 valence electrons. The van der Waals surface area contributed by atoms with Gasteiger partial charge in [-0.25, -0.2) is 4.98 Å². The number of rotatable bonds is 4. The summed E-state index contributed by atoms with van der Waals surface area (Å²) in [4.78, 5) is 18.0. The van der Waals surface area contributed by atoms with Gasteiger partial charge in [0.05, 0.1) is 17.8 Å². The van der Waals surface area contributed by atoms with E-state index in [9.17, 15) is 4.79 Å². The maximum Gasteiger partial charge on any atom is 0.309 e. The standard InChI is InChI=1S/C13H13BrN2O2/c1-2-8-3-5-9(6-4-8)12-10(7-11(17)18)15-13(14)16-12/h3-6H,2,7H2,1H3,(H,15,16)(H,17,18). The number of nitrogens with zero attached hydrogens (tertiary/aromatic N) is 1. The number of imidazole rings is 1. The van der Waals surface area contributed by atoms with Crippen LogP contribution < -0.4 is 0 Å². The van der Waals surface area contributed by atoms with E-state index < -0.39 is 5.97 Å². The molecule has 0 aliphatic heterocycles. The molecule has 0 atom stereocenters. The molecule has 1 aromatic heterocycles. The van der Waals surface area contributed by atoms with Gasteiger partial charge in [0.1, 0.15) is 0 Å². The number of carbonyl (C=O) groups is 1. The monoisotopic (exact) mass is 308 g/mol. The number of aromatic amines is 1. The van der Waals surface area contributed by atoms with Gasteiger partial charge in [0.15, 0.2) is 4.73 Å². The van der Waals surface area contributed by atoms with Gasteiger partial charge in [-0.15, -0.1) is 0 Å². The van der Waals surface area contributed by atoms with Crippen LogP contribution in [-0.4, -0.2) is 21.0 Å². The van der Waals surface area contributed by atoms with Crippen molar-refractivity contribution in [2.45, 2.75) is 19.8 Å². The zero-order valence-corrected chi connectivity index (χ0v) is 11.5. The molecule has 0 saturated heterocycles. The zero-order valence-electron chi connectivity index (χ0n) is 9.90. The molecule has 0 aliphatic rings. The predicted octanol–water partition coefficient (Wildman–Crippen LogP) is 3.03. The Morgan fingerprint density at radius 3 is 2.61 bits per heavy atom. The largest absolute Gasteiger partial charge is 0.481 e. The number of carboxylic acids is 1. The molecule has 18 heavy (non-hydrogen) atoms. The molecular formula is C13H13BrN2O2. The van der Waals surface area contributed by atoms with E-state index in [0.29, 0.717) is 16.1 Å². The van der Waals surface area contributed by atoms with Crippen LogP contribution in [-0.2, 0) is 17.6 Å². The summed E-state index contributed by atoms with van der Waals surface area (Å²) in [5.41, 5.74) is 3.46. The Morgan fingerprint density at radius 2 is 2.06 bits per heavy atom. The van der Waals surface area contributed by atoms with E-state index in [2.05, 4.69) is 32.8 Å². The normalized spacial score (nSPS) is 10.6. The van der Waals surface area contributed by atoms with Crippen molar-refractivity contribution in [2.75, 3.05) is 0 Å². The minimum Gasteiger partial charge on any atom is -0.481 e. The second-order valence-electron chi connectivity index (χ2n) is 3.98. The molecule has 0 aliphatic carbocycles. The van der Waals surface area contributed by atoms with E-state index in [1.165, 1.54) is 5.56 Å². The van der Waals surface area contributed by atoms with Crippen LogP contribution in [0.4, 0.5) is 0 Å². The summed E-state index contributed by atoms with van der Waals surface area (Å²) in [7, 11) is 0. The Hall–Kier alpha value is -1.62. The highest BCUT2D eigenvalue weighted by molar-refractivity contribution is 9.10. The number of halogens is 1. The van der Waals surface area contributed by atoms with Crippen LogP contribution in [0.2, 0.25) is 0 Å². The van der Waals surface area contributed by atoms with Crippen molar-refractivity contribution in [3.63, 3.8) is 0 Å². The number of aryl methyl sites for hydroxylation is 1. The predicted molar refractivity (Wildman–Crippen MR) is 72.4 cm³/mol. The lowest BCUT2D eigenvalue weighted by atomic mass is 10.1. The fraction of sp³-hybridized carbons (Fsp3) is 0.231. The first-order valence-electron chi connectivity index (χ1n) is 5.65. The number of nitrogens with one attached hydrogen (secondary N) is 1. The molecule has 0 bridgehead atoms. The number of hydrogen-bond donors (Lipinski definition) is 2. The van der Waals surface area contributed by atoms with Crippen molar-refractivity contribution in [3.05, 3.63) is 40.3 Å². The maximum atomic E-state index is 10.8. The number of benzene rings is 1. The van der Waals surface area contributed by atoms with Gasteiger partial charge in [-0.1, -0.05) is 31.2 Å². The van der Waals surface area contributed by atoms with E-state index in [1.54, 1.807) is 0 Å². The first-order chi connectivity index (χ1) is 8.60. The molecule has 2 rings (SSSR count). The first-order valence-corrected chi connectivity index (χ1v) is 6.45. The molecule has 2 N–H and O–H groups in total. The Bertz CT molecular complexity index is 561. The van der Waals surface area contributed by atoms with Crippen LogP contribution in [0.15, 0.2) is 29.0 Å². The van der Waals surface area contributed by atoms with Crippen LogP contribution in [0.3, 0.4) is 0 Å². The van der Waals surface area contributed by atoms with Crippen LogP contribution in [0.25, 0.3) is 11.3 Å². The van der Waals surface area contributed by atoms with Gasteiger partial charge < -0.3 is 10.1 Å². The van der Waals surface area contributed by atoms with Crippen LogP contribution in [0.5, 0.6) is 0 Å². The number of aromatic nitrogens is 2. The summed E-state index contributed by atoms with van der Waals surface area (Å²) < 4.78 is 0.549. The molecule has 0 spiro atoms. The molecular weight excluding hydrogens is 296 g/mol. The Balaban J connectivity index is 2.39. The molecule has 0 amide bonds. The molecule has 4 nitrogen and oxygen atoms in total. The SMILES string of the molecule is CCc1ccc(-c2nc(Br)[nH]c2CC(=O)O)cc1. The van der Waals surface area contributed by atoms with Crippen molar-refractivity contribution >= 4 is 21.9 Å². The second kappa shape index (κ2) is 5.35. The van der Waals surface area contributed by atoms with E-state index in [-0.39, 0.29) is 6.42 Å². The fourth-order valence-electron chi connectivity index (χ4n) is 1.79. The number of H-pyrrole nitrogens is 1. The average Bonchev–Trinajstić information content (AvgIpc) is 2.69. The molecule has 0 saturated carbocycles. The van der Waals surface area contributed by atoms with Crippen LogP contribution >= 0.6 is 15.9 Å². The molecule has 1 aromatic carbocycles. The van der Waals surface area contributed by atoms with Crippen LogP contribution in [0, 0.1) is 0 Å². The quantitative estimate of drug-likeness (QED) is 0.912. The summed E-state index contributed by atoms with van der Waals surface area (Å²) in [6.45, 7) is 2.09. The number of hydrogen-bond acceptors (Lipinski definition) is 2.